The molecule has 0 amide bonds. The predicted octanol–water partition coefficient (Wildman–Crippen LogP) is 1.13. The average Bonchev–Trinajstić information content (AvgIpc) is 1.65. The smallest absolute Gasteiger partial charge is 0.0448 e. The van der Waals surface area contributed by atoms with Crippen molar-refractivity contribution in [3.63, 3.8) is 0 Å². The van der Waals surface area contributed by atoms with Gasteiger partial charge in [0.15, 0.2) is 0 Å². The highest BCUT2D eigenvalue weighted by atomic mass is 35.5. The zero-order valence-corrected chi connectivity index (χ0v) is 8.03. The van der Waals surface area contributed by atoms with Crippen molar-refractivity contribution < 1.29 is 5.11 Å². The second-order valence-corrected chi connectivity index (χ2v) is 3.18. The number of hydrogen-bond donors (Lipinski definition) is 1. The first-order valence-electron chi connectivity index (χ1n) is 3.29. The van der Waals surface area contributed by atoms with Crippen LogP contribution in [0, 0.1) is 0 Å². The van der Waals surface area contributed by atoms with Gasteiger partial charge in [-0.25, -0.2) is 0 Å². The van der Waals surface area contributed by atoms with Gasteiger partial charge in [0.2, 0.25) is 0 Å². The van der Waals surface area contributed by atoms with Crippen LogP contribution in [0.3, 0.4) is 0 Å². The molecule has 0 saturated heterocycles. The first kappa shape index (κ1) is 12.8. The molecule has 0 radical (unpaired) electrons. The SMILES string of the molecule is CN(C)C(C)(C)CCO.Cl. The summed E-state index contributed by atoms with van der Waals surface area (Å²) in [5.74, 6) is 0. The van der Waals surface area contributed by atoms with Crippen LogP contribution < -0.4 is 0 Å². The van der Waals surface area contributed by atoms with Crippen molar-refractivity contribution in [1.82, 2.24) is 4.90 Å². The van der Waals surface area contributed by atoms with E-state index < -0.39 is 0 Å². The second kappa shape index (κ2) is 4.94. The number of aliphatic hydroxyl groups is 1. The lowest BCUT2D eigenvalue weighted by Gasteiger charge is -2.31. The Morgan fingerprint density at radius 3 is 1.80 bits per heavy atom. The van der Waals surface area contributed by atoms with E-state index in [0.29, 0.717) is 0 Å². The van der Waals surface area contributed by atoms with E-state index in [4.69, 9.17) is 5.11 Å². The molecular formula is C7H18ClNO. The molecular weight excluding hydrogens is 150 g/mol. The molecule has 0 fully saturated rings. The molecule has 0 aliphatic carbocycles. The van der Waals surface area contributed by atoms with Crippen LogP contribution >= 0.6 is 12.4 Å². The van der Waals surface area contributed by atoms with Gasteiger partial charge in [-0.3, -0.25) is 0 Å². The molecule has 1 N–H and O–H groups in total. The van der Waals surface area contributed by atoms with Gasteiger partial charge in [0.25, 0.3) is 0 Å². The van der Waals surface area contributed by atoms with Crippen LogP contribution in [-0.4, -0.2) is 36.2 Å². The molecule has 0 aromatic rings. The molecule has 0 rings (SSSR count). The van der Waals surface area contributed by atoms with Crippen molar-refractivity contribution in [3.8, 4) is 0 Å². The highest BCUT2D eigenvalue weighted by Crippen LogP contribution is 2.13. The van der Waals surface area contributed by atoms with E-state index in [1.807, 2.05) is 14.1 Å². The fraction of sp³-hybridized carbons (Fsp3) is 1.00. The fourth-order valence-corrected chi connectivity index (χ4v) is 0.497. The summed E-state index contributed by atoms with van der Waals surface area (Å²) in [4.78, 5) is 2.11. The molecule has 64 valence electrons. The molecule has 0 heterocycles. The van der Waals surface area contributed by atoms with Crippen molar-refractivity contribution in [1.29, 1.82) is 0 Å². The fourth-order valence-electron chi connectivity index (χ4n) is 0.497. The Labute approximate surface area is 69.6 Å². The van der Waals surface area contributed by atoms with Gasteiger partial charge in [-0.05, 0) is 34.4 Å². The van der Waals surface area contributed by atoms with Crippen molar-refractivity contribution in [2.24, 2.45) is 0 Å². The average molecular weight is 168 g/mol. The monoisotopic (exact) mass is 167 g/mol. The maximum atomic E-state index is 8.62. The van der Waals surface area contributed by atoms with E-state index in [1.165, 1.54) is 0 Å². The minimum Gasteiger partial charge on any atom is -0.396 e. The lowest BCUT2D eigenvalue weighted by Crippen LogP contribution is -2.38. The third kappa shape index (κ3) is 4.09. The third-order valence-corrected chi connectivity index (χ3v) is 1.93. The van der Waals surface area contributed by atoms with Crippen LogP contribution in [0.15, 0.2) is 0 Å². The first-order valence-corrected chi connectivity index (χ1v) is 3.29. The maximum absolute atomic E-state index is 8.62. The molecule has 0 aliphatic rings. The summed E-state index contributed by atoms with van der Waals surface area (Å²) in [6.45, 7) is 4.50. The lowest BCUT2D eigenvalue weighted by atomic mass is 10.0. The Balaban J connectivity index is 0. The molecule has 0 aliphatic heterocycles. The maximum Gasteiger partial charge on any atom is 0.0448 e. The molecule has 10 heavy (non-hydrogen) atoms. The number of aliphatic hydroxyl groups excluding tert-OH is 1. The number of hydrogen-bond acceptors (Lipinski definition) is 2. The van der Waals surface area contributed by atoms with Gasteiger partial charge in [-0.1, -0.05) is 0 Å². The summed E-state index contributed by atoms with van der Waals surface area (Å²) in [7, 11) is 4.05. The molecule has 3 heteroatoms. The normalized spacial score (nSPS) is 11.4. The lowest BCUT2D eigenvalue weighted by molar-refractivity contribution is 0.142. The van der Waals surface area contributed by atoms with E-state index in [2.05, 4.69) is 18.7 Å². The molecule has 0 atom stereocenters. The van der Waals surface area contributed by atoms with E-state index in [1.54, 1.807) is 0 Å². The zero-order chi connectivity index (χ0) is 7.49. The van der Waals surface area contributed by atoms with Gasteiger partial charge in [-0.2, -0.15) is 0 Å². The highest BCUT2D eigenvalue weighted by molar-refractivity contribution is 5.85. The van der Waals surface area contributed by atoms with Gasteiger partial charge < -0.3 is 10.0 Å². The molecule has 0 spiro atoms. The van der Waals surface area contributed by atoms with Crippen LogP contribution in [0.1, 0.15) is 20.3 Å². The summed E-state index contributed by atoms with van der Waals surface area (Å²) >= 11 is 0. The van der Waals surface area contributed by atoms with Gasteiger partial charge in [0.1, 0.15) is 0 Å². The summed E-state index contributed by atoms with van der Waals surface area (Å²) in [5.41, 5.74) is 0.134. The van der Waals surface area contributed by atoms with Crippen LogP contribution in [0.5, 0.6) is 0 Å². The van der Waals surface area contributed by atoms with E-state index >= 15 is 0 Å². The molecule has 0 saturated carbocycles. The van der Waals surface area contributed by atoms with Crippen molar-refractivity contribution in [2.75, 3.05) is 20.7 Å². The number of rotatable bonds is 3. The molecule has 0 bridgehead atoms. The largest absolute Gasteiger partial charge is 0.396 e. The second-order valence-electron chi connectivity index (χ2n) is 3.18. The van der Waals surface area contributed by atoms with Crippen LogP contribution in [-0.2, 0) is 0 Å². The van der Waals surface area contributed by atoms with E-state index in [-0.39, 0.29) is 24.6 Å². The number of nitrogens with zero attached hydrogens (tertiary/aromatic N) is 1. The highest BCUT2D eigenvalue weighted by Gasteiger charge is 2.18. The molecule has 2 nitrogen and oxygen atoms in total. The van der Waals surface area contributed by atoms with Crippen LogP contribution in [0.25, 0.3) is 0 Å². The Kier molecular flexibility index (Phi) is 6.35. The Bertz CT molecular complexity index is 83.7. The summed E-state index contributed by atoms with van der Waals surface area (Å²) < 4.78 is 0. The van der Waals surface area contributed by atoms with Crippen molar-refractivity contribution >= 4 is 12.4 Å². The zero-order valence-electron chi connectivity index (χ0n) is 7.22. The number of halogens is 1. The Morgan fingerprint density at radius 2 is 1.70 bits per heavy atom. The first-order chi connectivity index (χ1) is 4.00. The summed E-state index contributed by atoms with van der Waals surface area (Å²) in [5, 5.41) is 8.62. The Hall–Kier alpha value is 0.210. The van der Waals surface area contributed by atoms with Crippen LogP contribution in [0.4, 0.5) is 0 Å². The van der Waals surface area contributed by atoms with Crippen LogP contribution in [0.2, 0.25) is 0 Å². The van der Waals surface area contributed by atoms with Crippen molar-refractivity contribution in [2.45, 2.75) is 25.8 Å². The molecule has 0 unspecified atom stereocenters. The van der Waals surface area contributed by atoms with E-state index in [9.17, 15) is 0 Å². The van der Waals surface area contributed by atoms with Gasteiger partial charge in [0.05, 0.1) is 0 Å². The minimum atomic E-state index is 0. The minimum absolute atomic E-state index is 0. The standard InChI is InChI=1S/C7H17NO.ClH/c1-7(2,5-6-9)8(3)4;/h9H,5-6H2,1-4H3;1H. The molecule has 0 aromatic carbocycles. The van der Waals surface area contributed by atoms with Gasteiger partial charge >= 0.3 is 0 Å². The van der Waals surface area contributed by atoms with E-state index in [0.717, 1.165) is 6.42 Å². The third-order valence-electron chi connectivity index (χ3n) is 1.93. The molecule has 0 aromatic heterocycles. The Morgan fingerprint density at radius 1 is 1.30 bits per heavy atom. The van der Waals surface area contributed by atoms with Gasteiger partial charge in [0, 0.05) is 12.1 Å². The summed E-state index contributed by atoms with van der Waals surface area (Å²) in [6.07, 6.45) is 0.833. The quantitative estimate of drug-likeness (QED) is 0.682. The van der Waals surface area contributed by atoms with Crippen molar-refractivity contribution in [3.05, 3.63) is 0 Å². The summed E-state index contributed by atoms with van der Waals surface area (Å²) in [6, 6.07) is 0. The predicted molar refractivity (Wildman–Crippen MR) is 46.7 cm³/mol. The topological polar surface area (TPSA) is 23.5 Å². The van der Waals surface area contributed by atoms with Gasteiger partial charge in [-0.15, -0.1) is 12.4 Å².